The van der Waals surface area contributed by atoms with Crippen LogP contribution in [0.4, 0.5) is 5.82 Å². The van der Waals surface area contributed by atoms with Gasteiger partial charge in [0.2, 0.25) is 5.91 Å². The molecular formula is C22H23BClN5O3. The highest BCUT2D eigenvalue weighted by Gasteiger charge is 2.24. The summed E-state index contributed by atoms with van der Waals surface area (Å²) in [4.78, 5) is 30.1. The topological polar surface area (TPSA) is 88.8 Å². The van der Waals surface area contributed by atoms with Gasteiger partial charge in [0.05, 0.1) is 19.2 Å². The number of rotatable bonds is 6. The second-order valence-corrected chi connectivity index (χ2v) is 8.12. The first-order valence-electron chi connectivity index (χ1n) is 10.5. The van der Waals surface area contributed by atoms with Gasteiger partial charge < -0.3 is 15.0 Å². The number of halogens is 1. The zero-order valence-electron chi connectivity index (χ0n) is 17.8. The standard InChI is InChI=1S/C22H23BClN5O3/c1-32-21(31)7-6-20(30)28-10-8-14(9-11-28)26-19-12-18(15-4-2-3-5-17(15)24)27-22-16(23)13-25-29(19)22/h2-5,12-14,26H,6-11H2,1H3. The fraction of sp³-hybridized carbons (Fsp3) is 0.364. The molecule has 1 aliphatic rings. The van der Waals surface area contributed by atoms with Crippen LogP contribution in [0.25, 0.3) is 16.9 Å². The summed E-state index contributed by atoms with van der Waals surface area (Å²) < 4.78 is 6.29. The molecule has 1 N–H and O–H groups in total. The molecule has 1 aromatic carbocycles. The van der Waals surface area contributed by atoms with Gasteiger partial charge in [-0.05, 0) is 24.4 Å². The number of nitrogens with one attached hydrogen (secondary N) is 1. The van der Waals surface area contributed by atoms with Gasteiger partial charge in [-0.2, -0.15) is 9.61 Å². The van der Waals surface area contributed by atoms with Crippen molar-refractivity contribution in [3.05, 3.63) is 41.6 Å². The zero-order valence-corrected chi connectivity index (χ0v) is 18.5. The van der Waals surface area contributed by atoms with E-state index in [2.05, 4.69) is 20.1 Å². The van der Waals surface area contributed by atoms with E-state index in [9.17, 15) is 9.59 Å². The Morgan fingerprint density at radius 1 is 1.25 bits per heavy atom. The number of benzene rings is 1. The second-order valence-electron chi connectivity index (χ2n) is 7.72. The number of fused-ring (bicyclic) bond motifs is 1. The number of aromatic nitrogens is 3. The summed E-state index contributed by atoms with van der Waals surface area (Å²) in [5, 5.41) is 8.50. The van der Waals surface area contributed by atoms with Crippen LogP contribution in [0.3, 0.4) is 0 Å². The number of methoxy groups -OCH3 is 1. The SMILES string of the molecule is [B]c1cnn2c(NC3CCN(C(=O)CCC(=O)OC)CC3)cc(-c3ccccc3Cl)nc12. The van der Waals surface area contributed by atoms with Gasteiger partial charge in [-0.25, -0.2) is 4.98 Å². The van der Waals surface area contributed by atoms with Gasteiger partial charge in [0.1, 0.15) is 13.7 Å². The van der Waals surface area contributed by atoms with Crippen molar-refractivity contribution >= 4 is 48.3 Å². The van der Waals surface area contributed by atoms with Gasteiger partial charge in [0, 0.05) is 48.4 Å². The summed E-state index contributed by atoms with van der Waals surface area (Å²) in [5.41, 5.74) is 2.55. The second kappa shape index (κ2) is 9.60. The first kappa shape index (κ1) is 22.1. The van der Waals surface area contributed by atoms with Gasteiger partial charge >= 0.3 is 5.97 Å². The maximum absolute atomic E-state index is 12.3. The lowest BCUT2D eigenvalue weighted by molar-refractivity contribution is -0.143. The van der Waals surface area contributed by atoms with Crippen LogP contribution in [-0.2, 0) is 14.3 Å². The van der Waals surface area contributed by atoms with E-state index in [4.69, 9.17) is 19.4 Å². The maximum Gasteiger partial charge on any atom is 0.306 e. The van der Waals surface area contributed by atoms with Crippen LogP contribution in [0, 0.1) is 0 Å². The van der Waals surface area contributed by atoms with Crippen LogP contribution in [0.15, 0.2) is 36.5 Å². The summed E-state index contributed by atoms with van der Waals surface area (Å²) >= 11 is 6.39. The Morgan fingerprint density at radius 3 is 2.72 bits per heavy atom. The Morgan fingerprint density at radius 2 is 2.00 bits per heavy atom. The number of hydrogen-bond acceptors (Lipinski definition) is 6. The largest absolute Gasteiger partial charge is 0.469 e. The molecule has 0 unspecified atom stereocenters. The molecule has 1 amide bonds. The number of ether oxygens (including phenoxy) is 1. The van der Waals surface area contributed by atoms with Crippen LogP contribution >= 0.6 is 11.6 Å². The molecule has 2 radical (unpaired) electrons. The van der Waals surface area contributed by atoms with E-state index >= 15 is 0 Å². The normalized spacial score (nSPS) is 14.5. The molecular weight excluding hydrogens is 429 g/mol. The van der Waals surface area contributed by atoms with E-state index in [0.29, 0.717) is 34.9 Å². The van der Waals surface area contributed by atoms with Gasteiger partial charge in [0.15, 0.2) is 5.65 Å². The molecule has 0 saturated carbocycles. The van der Waals surface area contributed by atoms with E-state index in [0.717, 1.165) is 24.2 Å². The third kappa shape index (κ3) is 4.72. The molecule has 164 valence electrons. The maximum atomic E-state index is 12.3. The molecule has 8 nitrogen and oxygen atoms in total. The first-order chi connectivity index (χ1) is 15.5. The number of likely N-dealkylation sites (tertiary alicyclic amines) is 1. The molecule has 1 saturated heterocycles. The molecule has 3 aromatic rings. The third-order valence-corrected chi connectivity index (χ3v) is 5.95. The van der Waals surface area contributed by atoms with Crippen molar-refractivity contribution in [3.8, 4) is 11.3 Å². The number of piperidine rings is 1. The highest BCUT2D eigenvalue weighted by Crippen LogP contribution is 2.29. The Balaban J connectivity index is 1.49. The number of hydrogen-bond donors (Lipinski definition) is 1. The fourth-order valence-corrected chi connectivity index (χ4v) is 4.07. The average Bonchev–Trinajstić information content (AvgIpc) is 3.19. The van der Waals surface area contributed by atoms with Crippen molar-refractivity contribution in [2.75, 3.05) is 25.5 Å². The van der Waals surface area contributed by atoms with Gasteiger partial charge in [-0.3, -0.25) is 9.59 Å². The van der Waals surface area contributed by atoms with Crippen LogP contribution in [0.2, 0.25) is 5.02 Å². The van der Waals surface area contributed by atoms with Crippen LogP contribution in [0.1, 0.15) is 25.7 Å². The Hall–Kier alpha value is -3.07. The highest BCUT2D eigenvalue weighted by molar-refractivity contribution is 6.36. The summed E-state index contributed by atoms with van der Waals surface area (Å²) in [6.07, 6.45) is 3.39. The first-order valence-corrected chi connectivity index (χ1v) is 10.8. The summed E-state index contributed by atoms with van der Waals surface area (Å²) in [5.74, 6) is 0.363. The number of amides is 1. The van der Waals surface area contributed by atoms with E-state index < -0.39 is 0 Å². The van der Waals surface area contributed by atoms with Crippen LogP contribution < -0.4 is 10.8 Å². The molecule has 3 heterocycles. The van der Waals surface area contributed by atoms with Crippen molar-refractivity contribution < 1.29 is 14.3 Å². The molecule has 10 heteroatoms. The minimum absolute atomic E-state index is 0.0268. The van der Waals surface area contributed by atoms with Crippen molar-refractivity contribution in [1.82, 2.24) is 19.5 Å². The van der Waals surface area contributed by atoms with E-state index in [1.54, 1.807) is 15.6 Å². The van der Waals surface area contributed by atoms with Crippen LogP contribution in [-0.4, -0.2) is 65.5 Å². The average molecular weight is 452 g/mol. The van der Waals surface area contributed by atoms with E-state index in [-0.39, 0.29) is 30.8 Å². The number of carbonyl (C=O) groups is 2. The summed E-state index contributed by atoms with van der Waals surface area (Å²) in [6, 6.07) is 9.58. The molecule has 0 atom stereocenters. The molecule has 4 rings (SSSR count). The lowest BCUT2D eigenvalue weighted by atomic mass is 10.0. The van der Waals surface area contributed by atoms with Crippen molar-refractivity contribution in [2.45, 2.75) is 31.7 Å². The summed E-state index contributed by atoms with van der Waals surface area (Å²) in [6.45, 7) is 1.23. The van der Waals surface area contributed by atoms with Gasteiger partial charge in [-0.1, -0.05) is 29.8 Å². The van der Waals surface area contributed by atoms with E-state index in [1.165, 1.54) is 7.11 Å². The molecule has 2 aromatic heterocycles. The predicted molar refractivity (Wildman–Crippen MR) is 123 cm³/mol. The monoisotopic (exact) mass is 451 g/mol. The zero-order chi connectivity index (χ0) is 22.7. The number of anilines is 1. The lowest BCUT2D eigenvalue weighted by Gasteiger charge is -2.33. The quantitative estimate of drug-likeness (QED) is 0.456. The Kier molecular flexibility index (Phi) is 6.65. The summed E-state index contributed by atoms with van der Waals surface area (Å²) in [7, 11) is 7.41. The molecule has 32 heavy (non-hydrogen) atoms. The van der Waals surface area contributed by atoms with Gasteiger partial charge in [0.25, 0.3) is 0 Å². The molecule has 1 aliphatic heterocycles. The Labute approximate surface area is 192 Å². The smallest absolute Gasteiger partial charge is 0.306 e. The van der Waals surface area contributed by atoms with Crippen molar-refractivity contribution in [2.24, 2.45) is 0 Å². The van der Waals surface area contributed by atoms with E-state index in [1.807, 2.05) is 30.3 Å². The molecule has 0 aliphatic carbocycles. The molecule has 0 spiro atoms. The minimum atomic E-state index is -0.371. The highest BCUT2D eigenvalue weighted by atomic mass is 35.5. The number of esters is 1. The lowest BCUT2D eigenvalue weighted by Crippen LogP contribution is -2.42. The number of carbonyl (C=O) groups excluding carboxylic acids is 2. The molecule has 1 fully saturated rings. The molecule has 0 bridgehead atoms. The fourth-order valence-electron chi connectivity index (χ4n) is 3.84. The Bertz CT molecular complexity index is 1140. The van der Waals surface area contributed by atoms with Gasteiger partial charge in [-0.15, -0.1) is 0 Å². The predicted octanol–water partition coefficient (Wildman–Crippen LogP) is 2.20. The minimum Gasteiger partial charge on any atom is -0.469 e. The number of nitrogens with zero attached hydrogens (tertiary/aromatic N) is 4. The van der Waals surface area contributed by atoms with Crippen molar-refractivity contribution in [3.63, 3.8) is 0 Å². The third-order valence-electron chi connectivity index (χ3n) is 5.62. The van der Waals surface area contributed by atoms with Crippen LogP contribution in [0.5, 0.6) is 0 Å². The van der Waals surface area contributed by atoms with Crippen molar-refractivity contribution in [1.29, 1.82) is 0 Å².